The Morgan fingerprint density at radius 1 is 1.50 bits per heavy atom. The van der Waals surface area contributed by atoms with Crippen LogP contribution in [-0.4, -0.2) is 33.7 Å². The summed E-state index contributed by atoms with van der Waals surface area (Å²) < 4.78 is 0. The molecule has 20 heavy (non-hydrogen) atoms. The molecule has 0 aliphatic carbocycles. The number of non-ortho nitro benzene ring substituents is 1. The molecule has 1 rings (SSSR count). The zero-order valence-electron chi connectivity index (χ0n) is 10.9. The van der Waals surface area contributed by atoms with Gasteiger partial charge in [0.15, 0.2) is 0 Å². The topological polar surface area (TPSA) is 139 Å². The molecule has 1 aromatic rings. The van der Waals surface area contributed by atoms with Gasteiger partial charge in [0.2, 0.25) is 5.91 Å². The van der Waals surface area contributed by atoms with Gasteiger partial charge in [-0.3, -0.25) is 14.9 Å². The van der Waals surface area contributed by atoms with E-state index in [1.54, 1.807) is 0 Å². The number of carbonyl (C=O) groups excluding carboxylic acids is 1. The molecular formula is C12H17N3O5. The minimum atomic E-state index is -1.36. The van der Waals surface area contributed by atoms with Gasteiger partial charge in [-0.2, -0.15) is 0 Å². The highest BCUT2D eigenvalue weighted by Crippen LogP contribution is 2.28. The molecule has 0 aromatic heterocycles. The van der Waals surface area contributed by atoms with Crippen molar-refractivity contribution in [1.82, 2.24) is 5.32 Å². The van der Waals surface area contributed by atoms with Crippen LogP contribution in [0.2, 0.25) is 0 Å². The van der Waals surface area contributed by atoms with Crippen LogP contribution in [0.25, 0.3) is 0 Å². The number of hydrogen-bond acceptors (Lipinski definition) is 6. The van der Waals surface area contributed by atoms with Crippen LogP contribution in [0.1, 0.15) is 25.0 Å². The van der Waals surface area contributed by atoms with Gasteiger partial charge in [-0.25, -0.2) is 0 Å². The van der Waals surface area contributed by atoms with E-state index < -0.39 is 17.1 Å². The third-order valence-electron chi connectivity index (χ3n) is 2.78. The number of nitrogens with one attached hydrogen (secondary N) is 1. The molecule has 0 spiro atoms. The van der Waals surface area contributed by atoms with Gasteiger partial charge in [0.25, 0.3) is 5.69 Å². The van der Waals surface area contributed by atoms with E-state index in [4.69, 9.17) is 5.73 Å². The molecular weight excluding hydrogens is 266 g/mol. The van der Waals surface area contributed by atoms with E-state index in [-0.39, 0.29) is 35.8 Å². The summed E-state index contributed by atoms with van der Waals surface area (Å²) in [6.07, 6.45) is -2.45. The second-order valence-electron chi connectivity index (χ2n) is 4.35. The van der Waals surface area contributed by atoms with Gasteiger partial charge in [0.05, 0.1) is 11.0 Å². The molecule has 1 amide bonds. The van der Waals surface area contributed by atoms with E-state index in [9.17, 15) is 25.1 Å². The fourth-order valence-electron chi connectivity index (χ4n) is 1.69. The summed E-state index contributed by atoms with van der Waals surface area (Å²) in [5.41, 5.74) is 5.67. The maximum atomic E-state index is 10.7. The average Bonchev–Trinajstić information content (AvgIpc) is 2.37. The van der Waals surface area contributed by atoms with E-state index in [0.29, 0.717) is 0 Å². The number of nitrogens with two attached hydrogens (primary N) is 1. The minimum absolute atomic E-state index is 0.0922. The van der Waals surface area contributed by atoms with Crippen molar-refractivity contribution in [3.8, 4) is 0 Å². The van der Waals surface area contributed by atoms with Crippen molar-refractivity contribution in [3.63, 3.8) is 0 Å². The Labute approximate surface area is 115 Å². The molecule has 0 saturated heterocycles. The predicted octanol–water partition coefficient (Wildman–Crippen LogP) is 0.0975. The summed E-state index contributed by atoms with van der Waals surface area (Å²) in [5.74, 6) is -0.249. The van der Waals surface area contributed by atoms with Crippen LogP contribution >= 0.6 is 0 Å². The molecule has 110 valence electrons. The number of anilines is 1. The van der Waals surface area contributed by atoms with Crippen molar-refractivity contribution >= 4 is 17.3 Å². The van der Waals surface area contributed by atoms with Gasteiger partial charge in [-0.05, 0) is 12.5 Å². The Balaban J connectivity index is 2.79. The molecule has 0 fully saturated rings. The van der Waals surface area contributed by atoms with Crippen molar-refractivity contribution in [1.29, 1.82) is 0 Å². The molecule has 2 unspecified atom stereocenters. The van der Waals surface area contributed by atoms with Gasteiger partial charge in [0, 0.05) is 36.9 Å². The molecule has 0 saturated carbocycles. The molecule has 0 heterocycles. The number of nitrogens with zero attached hydrogens (tertiary/aromatic N) is 1. The molecule has 0 radical (unpaired) electrons. The zero-order valence-corrected chi connectivity index (χ0v) is 10.9. The second-order valence-corrected chi connectivity index (χ2v) is 4.35. The standard InChI is InChI=1S/C12H17N3O5/c1-7(16)14-5-4-11(17)12(18)9-6-8(15(19)20)2-3-10(9)13/h2-3,6,11-12,17-18H,4-5,13H2,1H3,(H,14,16). The zero-order chi connectivity index (χ0) is 15.3. The number of nitrogen functional groups attached to an aromatic ring is 1. The lowest BCUT2D eigenvalue weighted by Gasteiger charge is -2.19. The molecule has 1 aromatic carbocycles. The fourth-order valence-corrected chi connectivity index (χ4v) is 1.69. The van der Waals surface area contributed by atoms with Crippen LogP contribution < -0.4 is 11.1 Å². The van der Waals surface area contributed by atoms with Crippen molar-refractivity contribution < 1.29 is 19.9 Å². The van der Waals surface area contributed by atoms with E-state index in [0.717, 1.165) is 6.07 Å². The second kappa shape index (κ2) is 6.83. The van der Waals surface area contributed by atoms with Crippen LogP contribution in [-0.2, 0) is 4.79 Å². The highest BCUT2D eigenvalue weighted by molar-refractivity contribution is 5.72. The number of nitro benzene ring substituents is 1. The first kappa shape index (κ1) is 15.9. The van der Waals surface area contributed by atoms with Crippen molar-refractivity contribution in [2.75, 3.05) is 12.3 Å². The van der Waals surface area contributed by atoms with Crippen LogP contribution in [0.4, 0.5) is 11.4 Å². The molecule has 0 bridgehead atoms. The van der Waals surface area contributed by atoms with Gasteiger partial charge in [-0.15, -0.1) is 0 Å². The lowest BCUT2D eigenvalue weighted by Crippen LogP contribution is -2.28. The third kappa shape index (κ3) is 4.18. The van der Waals surface area contributed by atoms with E-state index in [1.807, 2.05) is 0 Å². The smallest absolute Gasteiger partial charge is 0.269 e. The Morgan fingerprint density at radius 3 is 2.70 bits per heavy atom. The summed E-state index contributed by atoms with van der Waals surface area (Å²) in [7, 11) is 0. The highest BCUT2D eigenvalue weighted by atomic mass is 16.6. The summed E-state index contributed by atoms with van der Waals surface area (Å²) >= 11 is 0. The molecule has 8 nitrogen and oxygen atoms in total. The molecule has 2 atom stereocenters. The van der Waals surface area contributed by atoms with Crippen LogP contribution in [0.15, 0.2) is 18.2 Å². The SMILES string of the molecule is CC(=O)NCCC(O)C(O)c1cc([N+](=O)[O-])ccc1N. The Hall–Kier alpha value is -2.19. The quantitative estimate of drug-likeness (QED) is 0.331. The first-order valence-electron chi connectivity index (χ1n) is 5.97. The first-order chi connectivity index (χ1) is 9.32. The van der Waals surface area contributed by atoms with E-state index in [2.05, 4.69) is 5.32 Å². The normalized spacial score (nSPS) is 13.6. The van der Waals surface area contributed by atoms with Gasteiger partial charge in [0.1, 0.15) is 6.10 Å². The van der Waals surface area contributed by atoms with Gasteiger partial charge < -0.3 is 21.3 Å². The number of amides is 1. The lowest BCUT2D eigenvalue weighted by atomic mass is 10.00. The van der Waals surface area contributed by atoms with Crippen molar-refractivity contribution in [2.24, 2.45) is 0 Å². The average molecular weight is 283 g/mol. The summed E-state index contributed by atoms with van der Waals surface area (Å²) in [4.78, 5) is 20.8. The molecule has 0 aliphatic heterocycles. The number of aliphatic hydroxyl groups is 2. The number of aliphatic hydroxyl groups excluding tert-OH is 2. The van der Waals surface area contributed by atoms with E-state index >= 15 is 0 Å². The van der Waals surface area contributed by atoms with E-state index in [1.165, 1.54) is 19.1 Å². The first-order valence-corrected chi connectivity index (χ1v) is 5.97. The minimum Gasteiger partial charge on any atom is -0.398 e. The summed E-state index contributed by atoms with van der Waals surface area (Å²) in [6.45, 7) is 1.52. The molecule has 5 N–H and O–H groups in total. The fraction of sp³-hybridized carbons (Fsp3) is 0.417. The van der Waals surface area contributed by atoms with Crippen LogP contribution in [0.5, 0.6) is 0 Å². The molecule has 8 heteroatoms. The summed E-state index contributed by atoms with van der Waals surface area (Å²) in [6, 6.07) is 3.65. The Kier molecular flexibility index (Phi) is 5.42. The maximum Gasteiger partial charge on any atom is 0.269 e. The number of rotatable bonds is 6. The molecule has 0 aliphatic rings. The Bertz CT molecular complexity index is 506. The predicted molar refractivity (Wildman–Crippen MR) is 71.8 cm³/mol. The lowest BCUT2D eigenvalue weighted by molar-refractivity contribution is -0.385. The van der Waals surface area contributed by atoms with Gasteiger partial charge in [-0.1, -0.05) is 0 Å². The van der Waals surface area contributed by atoms with Gasteiger partial charge >= 0.3 is 0 Å². The van der Waals surface area contributed by atoms with Crippen LogP contribution in [0.3, 0.4) is 0 Å². The number of carbonyl (C=O) groups is 1. The number of nitro groups is 1. The van der Waals surface area contributed by atoms with Crippen molar-refractivity contribution in [3.05, 3.63) is 33.9 Å². The summed E-state index contributed by atoms with van der Waals surface area (Å²) in [5, 5.41) is 32.9. The highest BCUT2D eigenvalue weighted by Gasteiger charge is 2.22. The maximum absolute atomic E-state index is 10.7. The number of hydrogen-bond donors (Lipinski definition) is 4. The third-order valence-corrected chi connectivity index (χ3v) is 2.78. The number of benzene rings is 1. The Morgan fingerprint density at radius 2 is 2.15 bits per heavy atom. The van der Waals surface area contributed by atoms with Crippen LogP contribution in [0, 0.1) is 10.1 Å². The largest absolute Gasteiger partial charge is 0.398 e. The van der Waals surface area contributed by atoms with Crippen molar-refractivity contribution in [2.45, 2.75) is 25.6 Å². The monoisotopic (exact) mass is 283 g/mol.